The molecule has 130 valence electrons. The van der Waals surface area contributed by atoms with Gasteiger partial charge in [0, 0.05) is 11.4 Å². The van der Waals surface area contributed by atoms with Gasteiger partial charge in [-0.1, -0.05) is 16.2 Å². The second kappa shape index (κ2) is 7.37. The van der Waals surface area contributed by atoms with Gasteiger partial charge < -0.3 is 4.55 Å². The lowest BCUT2D eigenvalue weighted by Crippen LogP contribution is -2.31. The lowest BCUT2D eigenvalue weighted by atomic mass is 10.2. The molecule has 11 heteroatoms. The van der Waals surface area contributed by atoms with E-state index in [2.05, 4.69) is 9.35 Å². The van der Waals surface area contributed by atoms with Gasteiger partial charge in [0.25, 0.3) is 0 Å². The van der Waals surface area contributed by atoms with Crippen LogP contribution in [0.2, 0.25) is 0 Å². The van der Waals surface area contributed by atoms with Gasteiger partial charge in [-0.2, -0.15) is 17.5 Å². The van der Waals surface area contributed by atoms with Crippen molar-refractivity contribution in [2.24, 2.45) is 4.36 Å². The summed E-state index contributed by atoms with van der Waals surface area (Å²) in [7, 11) is -3.24. The standard InChI is InChI=1S/C12H15ClF3N3O3S/c1-7(8-3-4-9(17-6-8)12(14,15)16)23(2,22)19-11(21)18-10(20)5-13/h3-4,6-7,23H,5H2,1-2H3,(H2,18,19,20,21,22). The van der Waals surface area contributed by atoms with E-state index >= 15 is 0 Å². The topological polar surface area (TPSA) is 91.7 Å². The summed E-state index contributed by atoms with van der Waals surface area (Å²) in [6.07, 6.45) is -2.30. The smallest absolute Gasteiger partial charge is 0.344 e. The fourth-order valence-corrected chi connectivity index (χ4v) is 2.93. The molecular formula is C12H15ClF3N3O3S. The lowest BCUT2D eigenvalue weighted by molar-refractivity contribution is -0.141. The monoisotopic (exact) mass is 373 g/mol. The largest absolute Gasteiger partial charge is 0.433 e. The SMILES string of the molecule is CC(c1ccc(C(F)(F)F)nc1)[SH](C)(O)=NC(=O)NC(=O)CCl. The number of hydrogen-bond donors (Lipinski definition) is 3. The number of nitrogens with one attached hydrogen (secondary N) is 1. The molecule has 1 aromatic heterocycles. The van der Waals surface area contributed by atoms with Gasteiger partial charge >= 0.3 is 12.2 Å². The minimum Gasteiger partial charge on any atom is -0.344 e. The predicted octanol–water partition coefficient (Wildman–Crippen LogP) is 2.81. The molecule has 0 fully saturated rings. The van der Waals surface area contributed by atoms with Crippen molar-refractivity contribution in [3.05, 3.63) is 29.6 Å². The van der Waals surface area contributed by atoms with Crippen LogP contribution in [0, 0.1) is 0 Å². The lowest BCUT2D eigenvalue weighted by Gasteiger charge is -2.26. The van der Waals surface area contributed by atoms with Gasteiger partial charge in [0.1, 0.15) is 11.6 Å². The zero-order valence-electron chi connectivity index (χ0n) is 12.1. The van der Waals surface area contributed by atoms with E-state index in [0.717, 1.165) is 18.3 Å². The van der Waals surface area contributed by atoms with Gasteiger partial charge in [0.2, 0.25) is 5.91 Å². The Morgan fingerprint density at radius 3 is 2.52 bits per heavy atom. The van der Waals surface area contributed by atoms with E-state index in [4.69, 9.17) is 11.6 Å². The summed E-state index contributed by atoms with van der Waals surface area (Å²) in [5, 5.41) is 1.11. The highest BCUT2D eigenvalue weighted by Gasteiger charge is 2.32. The predicted molar refractivity (Wildman–Crippen MR) is 81.7 cm³/mol. The maximum atomic E-state index is 12.5. The number of alkyl halides is 4. The maximum absolute atomic E-state index is 12.5. The van der Waals surface area contributed by atoms with Crippen LogP contribution in [-0.2, 0) is 21.1 Å². The van der Waals surface area contributed by atoms with E-state index in [1.54, 1.807) is 0 Å². The van der Waals surface area contributed by atoms with Gasteiger partial charge in [-0.25, -0.2) is 4.79 Å². The number of nitrogens with zero attached hydrogens (tertiary/aromatic N) is 2. The van der Waals surface area contributed by atoms with E-state index < -0.39 is 45.0 Å². The Bertz CT molecular complexity index is 643. The molecule has 0 aromatic carbocycles. The van der Waals surface area contributed by atoms with Gasteiger partial charge in [-0.05, 0) is 24.8 Å². The van der Waals surface area contributed by atoms with Crippen LogP contribution >= 0.6 is 11.6 Å². The third-order valence-electron chi connectivity index (χ3n) is 2.95. The molecule has 0 spiro atoms. The first-order valence-electron chi connectivity index (χ1n) is 6.22. The third-order valence-corrected chi connectivity index (χ3v) is 5.55. The fourth-order valence-electron chi connectivity index (χ4n) is 1.55. The van der Waals surface area contributed by atoms with Gasteiger partial charge in [0.05, 0.1) is 0 Å². The van der Waals surface area contributed by atoms with Crippen molar-refractivity contribution >= 4 is 33.6 Å². The highest BCUT2D eigenvalue weighted by atomic mass is 35.5. The molecule has 0 saturated carbocycles. The van der Waals surface area contributed by atoms with Crippen LogP contribution in [-0.4, -0.2) is 33.6 Å². The van der Waals surface area contributed by atoms with Crippen molar-refractivity contribution in [1.82, 2.24) is 10.3 Å². The summed E-state index contributed by atoms with van der Waals surface area (Å²) in [4.78, 5) is 25.8. The number of hydrogen-bond acceptors (Lipinski definition) is 3. The van der Waals surface area contributed by atoms with Crippen molar-refractivity contribution in [1.29, 1.82) is 0 Å². The normalized spacial score (nSPS) is 14.0. The summed E-state index contributed by atoms with van der Waals surface area (Å²) in [6, 6.07) is 0.885. The number of aromatic nitrogens is 1. The molecule has 1 heterocycles. The number of urea groups is 1. The van der Waals surface area contributed by atoms with E-state index in [9.17, 15) is 27.3 Å². The summed E-state index contributed by atoms with van der Waals surface area (Å²) >= 11 is 5.22. The van der Waals surface area contributed by atoms with Crippen LogP contribution in [0.1, 0.15) is 23.4 Å². The first-order chi connectivity index (χ1) is 10.5. The molecule has 23 heavy (non-hydrogen) atoms. The molecular weight excluding hydrogens is 359 g/mol. The molecule has 0 aliphatic carbocycles. The quantitative estimate of drug-likeness (QED) is 0.561. The zero-order valence-corrected chi connectivity index (χ0v) is 13.8. The highest BCUT2D eigenvalue weighted by molar-refractivity contribution is 7.99. The number of thiol groups is 1. The molecule has 0 aliphatic heterocycles. The van der Waals surface area contributed by atoms with E-state index in [1.165, 1.54) is 13.2 Å². The number of imide groups is 1. The number of halogens is 4. The van der Waals surface area contributed by atoms with Crippen LogP contribution in [0.3, 0.4) is 0 Å². The molecule has 1 aromatic rings. The van der Waals surface area contributed by atoms with Crippen molar-refractivity contribution in [2.75, 3.05) is 12.1 Å². The maximum Gasteiger partial charge on any atom is 0.433 e. The molecule has 1 rings (SSSR count). The number of rotatable bonds is 3. The molecule has 1 unspecified atom stereocenters. The minimum atomic E-state index is -4.56. The summed E-state index contributed by atoms with van der Waals surface area (Å²) < 4.78 is 51.2. The molecule has 0 aliphatic rings. The number of carbonyl (C=O) groups is 2. The van der Waals surface area contributed by atoms with Crippen LogP contribution < -0.4 is 5.32 Å². The Balaban J connectivity index is 3.00. The van der Waals surface area contributed by atoms with Crippen molar-refractivity contribution in [3.8, 4) is 0 Å². The first-order valence-corrected chi connectivity index (χ1v) is 8.97. The molecule has 3 amide bonds. The van der Waals surface area contributed by atoms with Crippen LogP contribution in [0.25, 0.3) is 0 Å². The second-order valence-corrected chi connectivity index (χ2v) is 7.92. The van der Waals surface area contributed by atoms with Crippen LogP contribution in [0.15, 0.2) is 22.7 Å². The van der Waals surface area contributed by atoms with Gasteiger partial charge in [-0.15, -0.1) is 11.6 Å². The second-order valence-electron chi connectivity index (χ2n) is 4.72. The summed E-state index contributed by atoms with van der Waals surface area (Å²) in [5.41, 5.74) is -0.773. The average molecular weight is 374 g/mol. The van der Waals surface area contributed by atoms with Gasteiger partial charge in [0.15, 0.2) is 0 Å². The molecule has 6 nitrogen and oxygen atoms in total. The van der Waals surface area contributed by atoms with E-state index in [0.29, 0.717) is 0 Å². The minimum absolute atomic E-state index is 0.288. The average Bonchev–Trinajstić information content (AvgIpc) is 2.44. The van der Waals surface area contributed by atoms with Crippen molar-refractivity contribution in [3.63, 3.8) is 0 Å². The third kappa shape index (κ3) is 5.56. The Labute approximate surface area is 136 Å². The summed E-state index contributed by atoms with van der Waals surface area (Å²) in [6.45, 7) is 1.50. The van der Waals surface area contributed by atoms with Crippen molar-refractivity contribution < 1.29 is 27.3 Å². The van der Waals surface area contributed by atoms with Crippen molar-refractivity contribution in [2.45, 2.75) is 18.3 Å². The Hall–Kier alpha value is -1.52. The molecule has 2 N–H and O–H groups in total. The molecule has 0 radical (unpaired) electrons. The fraction of sp³-hybridized carbons (Fsp3) is 0.417. The molecule has 0 bridgehead atoms. The zero-order chi connectivity index (χ0) is 17.8. The highest BCUT2D eigenvalue weighted by Crippen LogP contribution is 2.30. The van der Waals surface area contributed by atoms with Crippen LogP contribution in [0.4, 0.5) is 18.0 Å². The molecule has 0 saturated heterocycles. The Morgan fingerprint density at radius 1 is 1.48 bits per heavy atom. The van der Waals surface area contributed by atoms with Crippen LogP contribution in [0.5, 0.6) is 0 Å². The Morgan fingerprint density at radius 2 is 2.09 bits per heavy atom. The number of pyridine rings is 1. The molecule has 1 atom stereocenters. The number of amides is 3. The summed E-state index contributed by atoms with van der Waals surface area (Å²) in [5.74, 6) is -1.22. The van der Waals surface area contributed by atoms with E-state index in [-0.39, 0.29) is 5.56 Å². The Kier molecular flexibility index (Phi) is 6.25. The number of carbonyl (C=O) groups excluding carboxylic acids is 2. The van der Waals surface area contributed by atoms with E-state index in [1.807, 2.05) is 5.32 Å². The van der Waals surface area contributed by atoms with Gasteiger partial charge in [-0.3, -0.25) is 15.1 Å². The first kappa shape index (κ1) is 19.5.